The highest BCUT2D eigenvalue weighted by molar-refractivity contribution is 5.89. The number of fused-ring (bicyclic) bond motifs is 1. The van der Waals surface area contributed by atoms with Crippen LogP contribution < -0.4 is 10.5 Å². The van der Waals surface area contributed by atoms with Gasteiger partial charge in [-0.15, -0.1) is 0 Å². The van der Waals surface area contributed by atoms with Crippen LogP contribution in [-0.4, -0.2) is 11.7 Å². The van der Waals surface area contributed by atoms with Gasteiger partial charge in [-0.05, 0) is 30.5 Å². The number of nitrogens with two attached hydrogens (primary N) is 1. The Morgan fingerprint density at radius 1 is 1.22 bits per heavy atom. The van der Waals surface area contributed by atoms with Crippen LogP contribution in [0.3, 0.4) is 0 Å². The number of hydrogen-bond acceptors (Lipinski definition) is 2. The van der Waals surface area contributed by atoms with Crippen molar-refractivity contribution in [2.24, 2.45) is 12.8 Å². The first kappa shape index (κ1) is 11.6. The second-order valence-electron chi connectivity index (χ2n) is 5.37. The minimum Gasteiger partial charge on any atom is -0.495 e. The smallest absolute Gasteiger partial charge is 0.143 e. The Bertz CT molecular complexity index is 579. The van der Waals surface area contributed by atoms with Crippen molar-refractivity contribution in [1.82, 2.24) is 4.57 Å². The number of aromatic nitrogens is 1. The molecule has 0 radical (unpaired) electrons. The minimum atomic E-state index is -0.147. The topological polar surface area (TPSA) is 40.2 Å². The number of aryl methyl sites for hydroxylation is 1. The Balaban J connectivity index is 2.25. The van der Waals surface area contributed by atoms with Gasteiger partial charge in [-0.3, -0.25) is 0 Å². The Kier molecular flexibility index (Phi) is 2.59. The molecule has 3 nitrogen and oxygen atoms in total. The van der Waals surface area contributed by atoms with Crippen LogP contribution in [-0.2, 0) is 12.6 Å². The van der Waals surface area contributed by atoms with E-state index in [1.807, 2.05) is 13.1 Å². The molecular weight excluding hydrogens is 224 g/mol. The van der Waals surface area contributed by atoms with E-state index < -0.39 is 0 Å². The van der Waals surface area contributed by atoms with E-state index in [2.05, 4.69) is 22.9 Å². The SMILES string of the molecule is COc1ccc(C2(N)CCCC2)c2ccn(C)c12. The van der Waals surface area contributed by atoms with E-state index in [0.29, 0.717) is 0 Å². The fourth-order valence-corrected chi connectivity index (χ4v) is 3.26. The third kappa shape index (κ3) is 1.54. The maximum atomic E-state index is 6.60. The Morgan fingerprint density at radius 3 is 2.61 bits per heavy atom. The van der Waals surface area contributed by atoms with Gasteiger partial charge in [0.2, 0.25) is 0 Å². The van der Waals surface area contributed by atoms with Crippen molar-refractivity contribution in [1.29, 1.82) is 0 Å². The highest BCUT2D eigenvalue weighted by atomic mass is 16.5. The van der Waals surface area contributed by atoms with E-state index in [1.54, 1.807) is 7.11 Å². The largest absolute Gasteiger partial charge is 0.495 e. The molecule has 96 valence electrons. The van der Waals surface area contributed by atoms with Crippen molar-refractivity contribution in [2.45, 2.75) is 31.2 Å². The predicted molar refractivity (Wildman–Crippen MR) is 73.8 cm³/mol. The Morgan fingerprint density at radius 2 is 1.94 bits per heavy atom. The molecule has 3 heteroatoms. The van der Waals surface area contributed by atoms with Gasteiger partial charge in [0, 0.05) is 24.2 Å². The van der Waals surface area contributed by atoms with Crippen LogP contribution in [0.2, 0.25) is 0 Å². The second-order valence-corrected chi connectivity index (χ2v) is 5.37. The molecule has 1 aliphatic rings. The molecule has 0 aliphatic heterocycles. The monoisotopic (exact) mass is 244 g/mol. The number of hydrogen-bond donors (Lipinski definition) is 1. The van der Waals surface area contributed by atoms with Crippen molar-refractivity contribution in [3.8, 4) is 5.75 Å². The number of ether oxygens (including phenoxy) is 1. The van der Waals surface area contributed by atoms with Gasteiger partial charge in [0.1, 0.15) is 5.75 Å². The van der Waals surface area contributed by atoms with Gasteiger partial charge in [0.15, 0.2) is 0 Å². The molecule has 1 aromatic heterocycles. The van der Waals surface area contributed by atoms with Crippen molar-refractivity contribution in [3.05, 3.63) is 30.0 Å². The van der Waals surface area contributed by atoms with E-state index in [9.17, 15) is 0 Å². The minimum absolute atomic E-state index is 0.147. The third-order valence-corrected chi connectivity index (χ3v) is 4.25. The van der Waals surface area contributed by atoms with Crippen LogP contribution in [0.4, 0.5) is 0 Å². The van der Waals surface area contributed by atoms with Gasteiger partial charge in [-0.25, -0.2) is 0 Å². The van der Waals surface area contributed by atoms with Gasteiger partial charge in [-0.1, -0.05) is 18.9 Å². The first-order chi connectivity index (χ1) is 8.65. The lowest BCUT2D eigenvalue weighted by atomic mass is 9.87. The fourth-order valence-electron chi connectivity index (χ4n) is 3.26. The average molecular weight is 244 g/mol. The summed E-state index contributed by atoms with van der Waals surface area (Å²) in [7, 11) is 3.77. The molecule has 0 bridgehead atoms. The highest BCUT2D eigenvalue weighted by Crippen LogP contribution is 2.41. The first-order valence-corrected chi connectivity index (χ1v) is 6.57. The van der Waals surface area contributed by atoms with Crippen molar-refractivity contribution >= 4 is 10.9 Å². The molecule has 1 fully saturated rings. The maximum Gasteiger partial charge on any atom is 0.143 e. The summed E-state index contributed by atoms with van der Waals surface area (Å²) in [6, 6.07) is 6.34. The first-order valence-electron chi connectivity index (χ1n) is 6.57. The summed E-state index contributed by atoms with van der Waals surface area (Å²) >= 11 is 0. The molecule has 0 saturated heterocycles. The van der Waals surface area contributed by atoms with Gasteiger partial charge in [0.05, 0.1) is 12.6 Å². The Labute approximate surface area is 108 Å². The summed E-state index contributed by atoms with van der Waals surface area (Å²) in [4.78, 5) is 0. The van der Waals surface area contributed by atoms with Crippen LogP contribution in [0.1, 0.15) is 31.2 Å². The lowest BCUT2D eigenvalue weighted by Gasteiger charge is -2.25. The lowest BCUT2D eigenvalue weighted by molar-refractivity contribution is 0.416. The third-order valence-electron chi connectivity index (χ3n) is 4.25. The molecule has 1 aliphatic carbocycles. The van der Waals surface area contributed by atoms with Gasteiger partial charge in [0.25, 0.3) is 0 Å². The highest BCUT2D eigenvalue weighted by Gasteiger charge is 2.33. The zero-order chi connectivity index (χ0) is 12.8. The number of methoxy groups -OCH3 is 1. The van der Waals surface area contributed by atoms with E-state index >= 15 is 0 Å². The number of nitrogens with zero attached hydrogens (tertiary/aromatic N) is 1. The normalized spacial score (nSPS) is 18.4. The van der Waals surface area contributed by atoms with Crippen LogP contribution >= 0.6 is 0 Å². The summed E-state index contributed by atoms with van der Waals surface area (Å²) in [6.45, 7) is 0. The van der Waals surface area contributed by atoms with Crippen molar-refractivity contribution in [2.75, 3.05) is 7.11 Å². The van der Waals surface area contributed by atoms with Gasteiger partial charge < -0.3 is 15.0 Å². The van der Waals surface area contributed by atoms with Crippen molar-refractivity contribution < 1.29 is 4.74 Å². The van der Waals surface area contributed by atoms with Crippen LogP contribution in [0.5, 0.6) is 5.75 Å². The number of benzene rings is 1. The van der Waals surface area contributed by atoms with Crippen LogP contribution in [0, 0.1) is 0 Å². The molecule has 0 amide bonds. The summed E-state index contributed by atoms with van der Waals surface area (Å²) < 4.78 is 7.56. The van der Waals surface area contributed by atoms with E-state index in [0.717, 1.165) is 24.1 Å². The molecular formula is C15H20N2O. The van der Waals surface area contributed by atoms with Crippen LogP contribution in [0.15, 0.2) is 24.4 Å². The van der Waals surface area contributed by atoms with Crippen molar-refractivity contribution in [3.63, 3.8) is 0 Å². The lowest BCUT2D eigenvalue weighted by Crippen LogP contribution is -2.33. The molecule has 1 aromatic carbocycles. The Hall–Kier alpha value is -1.48. The maximum absolute atomic E-state index is 6.60. The summed E-state index contributed by atoms with van der Waals surface area (Å²) in [5.74, 6) is 0.919. The molecule has 18 heavy (non-hydrogen) atoms. The predicted octanol–water partition coefficient (Wildman–Crippen LogP) is 2.91. The number of rotatable bonds is 2. The average Bonchev–Trinajstić information content (AvgIpc) is 2.97. The zero-order valence-corrected chi connectivity index (χ0v) is 11.1. The summed E-state index contributed by atoms with van der Waals surface area (Å²) in [5, 5.41) is 1.24. The fraction of sp³-hybridized carbons (Fsp3) is 0.467. The summed E-state index contributed by atoms with van der Waals surface area (Å²) in [6.07, 6.45) is 6.72. The van der Waals surface area contributed by atoms with E-state index in [1.165, 1.54) is 23.8 Å². The van der Waals surface area contributed by atoms with E-state index in [-0.39, 0.29) is 5.54 Å². The van der Waals surface area contributed by atoms with E-state index in [4.69, 9.17) is 10.5 Å². The molecule has 0 unspecified atom stereocenters. The standard InChI is InChI=1S/C15H20N2O/c1-17-10-7-11-12(15(16)8-3-4-9-15)5-6-13(18-2)14(11)17/h5-7,10H,3-4,8-9,16H2,1-2H3. The molecule has 2 N–H and O–H groups in total. The van der Waals surface area contributed by atoms with Gasteiger partial charge in [-0.2, -0.15) is 0 Å². The second kappa shape index (κ2) is 4.02. The molecule has 2 aromatic rings. The van der Waals surface area contributed by atoms with Gasteiger partial charge >= 0.3 is 0 Å². The molecule has 1 heterocycles. The van der Waals surface area contributed by atoms with Crippen LogP contribution in [0.25, 0.3) is 10.9 Å². The molecule has 0 spiro atoms. The summed E-state index contributed by atoms with van der Waals surface area (Å²) in [5.41, 5.74) is 8.87. The molecule has 3 rings (SSSR count). The zero-order valence-electron chi connectivity index (χ0n) is 11.1. The molecule has 1 saturated carbocycles. The quantitative estimate of drug-likeness (QED) is 0.882. The molecule has 0 atom stereocenters.